The number of anilines is 2. The van der Waals surface area contributed by atoms with Crippen molar-refractivity contribution in [2.24, 2.45) is 0 Å². The average Bonchev–Trinajstić information content (AvgIpc) is 2.43. The lowest BCUT2D eigenvalue weighted by molar-refractivity contribution is 0.311. The number of benzene rings is 1. The summed E-state index contributed by atoms with van der Waals surface area (Å²) in [5, 5.41) is 11.6. The standard InChI is InChI=1S/C9H12N2O5S/c1-5-8(10)7-4-6(11-2-3-12)9(5)16-17(13,14)15-7/h4,11-12H,2-3,10H2,1H3. The van der Waals surface area contributed by atoms with Crippen molar-refractivity contribution in [3.8, 4) is 11.5 Å². The SMILES string of the molecule is Cc1c(N)c2cc(NCCO)c1OS(=O)(=O)O2. The van der Waals surface area contributed by atoms with Crippen molar-refractivity contribution in [1.29, 1.82) is 0 Å². The van der Waals surface area contributed by atoms with Gasteiger partial charge in [-0.3, -0.25) is 0 Å². The Bertz CT molecular complexity index is 555. The Hall–Kier alpha value is -1.67. The topological polar surface area (TPSA) is 111 Å². The number of hydrogen-bond donors (Lipinski definition) is 3. The van der Waals surface area contributed by atoms with Crippen LogP contribution >= 0.6 is 0 Å². The van der Waals surface area contributed by atoms with Crippen LogP contribution in [-0.4, -0.2) is 26.7 Å². The Balaban J connectivity index is 2.55. The van der Waals surface area contributed by atoms with Gasteiger partial charge in [0.25, 0.3) is 0 Å². The molecule has 0 aromatic heterocycles. The molecule has 2 bridgehead atoms. The maximum absolute atomic E-state index is 11.4. The molecule has 0 aliphatic carbocycles. The number of aliphatic hydroxyl groups is 1. The van der Waals surface area contributed by atoms with Crippen molar-refractivity contribution in [3.63, 3.8) is 0 Å². The van der Waals surface area contributed by atoms with Gasteiger partial charge in [-0.1, -0.05) is 0 Å². The fourth-order valence-corrected chi connectivity index (χ4v) is 2.32. The molecule has 2 heterocycles. The highest BCUT2D eigenvalue weighted by Gasteiger charge is 2.29. The zero-order valence-electron chi connectivity index (χ0n) is 9.06. The van der Waals surface area contributed by atoms with Gasteiger partial charge < -0.3 is 24.5 Å². The lowest BCUT2D eigenvalue weighted by atomic mass is 10.1. The summed E-state index contributed by atoms with van der Waals surface area (Å²) in [4.78, 5) is 0. The highest BCUT2D eigenvalue weighted by atomic mass is 32.3. The Morgan fingerprint density at radius 2 is 2.18 bits per heavy atom. The van der Waals surface area contributed by atoms with Gasteiger partial charge in [-0.15, -0.1) is 8.42 Å². The number of fused-ring (bicyclic) bond motifs is 4. The molecule has 94 valence electrons. The van der Waals surface area contributed by atoms with Crippen LogP contribution in [0.2, 0.25) is 0 Å². The van der Waals surface area contributed by atoms with Crippen molar-refractivity contribution in [3.05, 3.63) is 11.6 Å². The van der Waals surface area contributed by atoms with Crippen molar-refractivity contribution >= 4 is 21.8 Å². The van der Waals surface area contributed by atoms with E-state index < -0.39 is 10.4 Å². The Morgan fingerprint density at radius 1 is 1.47 bits per heavy atom. The van der Waals surface area contributed by atoms with Crippen LogP contribution in [0.5, 0.6) is 11.5 Å². The molecule has 4 N–H and O–H groups in total. The van der Waals surface area contributed by atoms with Gasteiger partial charge in [0.1, 0.15) is 0 Å². The van der Waals surface area contributed by atoms with E-state index >= 15 is 0 Å². The lowest BCUT2D eigenvalue weighted by Gasteiger charge is -2.10. The summed E-state index contributed by atoms with van der Waals surface area (Å²) in [6, 6.07) is 1.43. The molecular formula is C9H12N2O5S. The predicted molar refractivity (Wildman–Crippen MR) is 61.3 cm³/mol. The molecule has 0 spiro atoms. The predicted octanol–water partition coefficient (Wildman–Crippen LogP) is -0.00258. The first kappa shape index (κ1) is 11.8. The molecule has 1 aromatic carbocycles. The first-order valence-electron chi connectivity index (χ1n) is 4.86. The smallest absolute Gasteiger partial charge is 0.395 e. The molecule has 2 aliphatic heterocycles. The molecule has 1 aromatic rings. The minimum absolute atomic E-state index is 0.0178. The molecule has 0 saturated heterocycles. The van der Waals surface area contributed by atoms with Gasteiger partial charge >= 0.3 is 10.4 Å². The number of rotatable bonds is 3. The van der Waals surface area contributed by atoms with Crippen LogP contribution < -0.4 is 19.4 Å². The van der Waals surface area contributed by atoms with E-state index in [1.807, 2.05) is 0 Å². The number of nitrogen functional groups attached to an aromatic ring is 1. The minimum Gasteiger partial charge on any atom is -0.395 e. The second-order valence-electron chi connectivity index (χ2n) is 3.52. The normalized spacial score (nSPS) is 15.9. The summed E-state index contributed by atoms with van der Waals surface area (Å²) in [6.45, 7) is 1.80. The first-order chi connectivity index (χ1) is 7.94. The molecule has 17 heavy (non-hydrogen) atoms. The van der Waals surface area contributed by atoms with E-state index in [4.69, 9.17) is 15.0 Å². The molecule has 2 aliphatic rings. The van der Waals surface area contributed by atoms with E-state index in [-0.39, 0.29) is 30.3 Å². The van der Waals surface area contributed by atoms with E-state index in [2.05, 4.69) is 9.50 Å². The van der Waals surface area contributed by atoms with Crippen LogP contribution in [0.1, 0.15) is 5.56 Å². The summed E-state index contributed by atoms with van der Waals surface area (Å²) in [5.41, 5.74) is 6.82. The van der Waals surface area contributed by atoms with Gasteiger partial charge in [0.15, 0.2) is 11.5 Å². The molecule has 7 nitrogen and oxygen atoms in total. The van der Waals surface area contributed by atoms with Gasteiger partial charge in [-0.25, -0.2) is 0 Å². The maximum Gasteiger partial charge on any atom is 0.501 e. The van der Waals surface area contributed by atoms with Crippen LogP contribution in [0.25, 0.3) is 0 Å². The number of nitrogens with one attached hydrogen (secondary N) is 1. The van der Waals surface area contributed by atoms with E-state index in [0.29, 0.717) is 11.3 Å². The van der Waals surface area contributed by atoms with E-state index in [9.17, 15) is 8.42 Å². The quantitative estimate of drug-likeness (QED) is 0.656. The van der Waals surface area contributed by atoms with Crippen molar-refractivity contribution < 1.29 is 21.9 Å². The van der Waals surface area contributed by atoms with Crippen LogP contribution in [0.4, 0.5) is 11.4 Å². The Kier molecular flexibility index (Phi) is 2.76. The fraction of sp³-hybridized carbons (Fsp3) is 0.333. The highest BCUT2D eigenvalue weighted by Crippen LogP contribution is 2.43. The summed E-state index contributed by atoms with van der Waals surface area (Å²) >= 11 is 0. The monoisotopic (exact) mass is 260 g/mol. The highest BCUT2D eigenvalue weighted by molar-refractivity contribution is 7.82. The summed E-state index contributed by atoms with van der Waals surface area (Å²) in [6.07, 6.45) is 0. The zero-order chi connectivity index (χ0) is 12.6. The third kappa shape index (κ3) is 2.08. The van der Waals surface area contributed by atoms with Crippen LogP contribution in [0.15, 0.2) is 6.07 Å². The summed E-state index contributed by atoms with van der Waals surface area (Å²) in [5.74, 6) is 0.112. The molecular weight excluding hydrogens is 248 g/mol. The minimum atomic E-state index is -4.13. The molecule has 0 fully saturated rings. The third-order valence-corrected chi connectivity index (χ3v) is 3.09. The van der Waals surface area contributed by atoms with E-state index in [1.54, 1.807) is 6.92 Å². The Morgan fingerprint density at radius 3 is 2.82 bits per heavy atom. The molecule has 0 unspecified atom stereocenters. The largest absolute Gasteiger partial charge is 0.501 e. The fourth-order valence-electron chi connectivity index (χ4n) is 1.51. The summed E-state index contributed by atoms with van der Waals surface area (Å²) < 4.78 is 32.2. The lowest BCUT2D eigenvalue weighted by Crippen LogP contribution is -2.14. The van der Waals surface area contributed by atoms with Crippen LogP contribution in [0, 0.1) is 6.92 Å². The molecule has 0 radical (unpaired) electrons. The van der Waals surface area contributed by atoms with E-state index in [0.717, 1.165) is 0 Å². The molecule has 3 rings (SSSR count). The third-order valence-electron chi connectivity index (χ3n) is 2.33. The van der Waals surface area contributed by atoms with Gasteiger partial charge in [0, 0.05) is 18.2 Å². The average molecular weight is 260 g/mol. The molecule has 8 heteroatoms. The van der Waals surface area contributed by atoms with Gasteiger partial charge in [0.2, 0.25) is 0 Å². The maximum atomic E-state index is 11.4. The van der Waals surface area contributed by atoms with Crippen molar-refractivity contribution in [1.82, 2.24) is 0 Å². The van der Waals surface area contributed by atoms with Crippen LogP contribution in [0.3, 0.4) is 0 Å². The molecule has 0 atom stereocenters. The van der Waals surface area contributed by atoms with Crippen LogP contribution in [-0.2, 0) is 10.4 Å². The van der Waals surface area contributed by atoms with Gasteiger partial charge in [0.05, 0.1) is 18.0 Å². The van der Waals surface area contributed by atoms with Gasteiger partial charge in [-0.05, 0) is 6.92 Å². The van der Waals surface area contributed by atoms with E-state index in [1.165, 1.54) is 6.07 Å². The number of nitrogens with two attached hydrogens (primary N) is 1. The first-order valence-corrected chi connectivity index (χ1v) is 6.19. The second kappa shape index (κ2) is 3.97. The Labute approximate surface area is 98.5 Å². The number of aliphatic hydroxyl groups excluding tert-OH is 1. The second-order valence-corrected chi connectivity index (χ2v) is 4.67. The molecule has 0 saturated carbocycles. The van der Waals surface area contributed by atoms with Crippen molar-refractivity contribution in [2.75, 3.05) is 24.2 Å². The van der Waals surface area contributed by atoms with Gasteiger partial charge in [-0.2, -0.15) is 0 Å². The zero-order valence-corrected chi connectivity index (χ0v) is 9.87. The number of hydrogen-bond acceptors (Lipinski definition) is 7. The molecule has 0 amide bonds. The van der Waals surface area contributed by atoms with Crippen molar-refractivity contribution in [2.45, 2.75) is 6.92 Å². The summed E-state index contributed by atoms with van der Waals surface area (Å²) in [7, 11) is -4.13.